The number of thioether (sulfide) groups is 1. The summed E-state index contributed by atoms with van der Waals surface area (Å²) in [4.78, 5) is 24.4. The smallest absolute Gasteiger partial charge is 0.237 e. The van der Waals surface area contributed by atoms with Crippen LogP contribution in [0.3, 0.4) is 0 Å². The lowest BCUT2D eigenvalue weighted by molar-refractivity contribution is -0.115. The summed E-state index contributed by atoms with van der Waals surface area (Å²) >= 11 is 7.31. The lowest BCUT2D eigenvalue weighted by atomic mass is 10.3. The van der Waals surface area contributed by atoms with Crippen LogP contribution in [-0.4, -0.2) is 36.5 Å². The van der Waals surface area contributed by atoms with Gasteiger partial charge in [-0.15, -0.1) is 11.8 Å². The zero-order valence-corrected chi connectivity index (χ0v) is 17.5. The van der Waals surface area contributed by atoms with Gasteiger partial charge in [-0.1, -0.05) is 11.6 Å². The molecule has 0 spiro atoms. The Morgan fingerprint density at radius 1 is 1.11 bits per heavy atom. The highest BCUT2D eigenvalue weighted by molar-refractivity contribution is 8.01. The van der Waals surface area contributed by atoms with Gasteiger partial charge in [-0.2, -0.15) is 0 Å². The van der Waals surface area contributed by atoms with Crippen LogP contribution in [0.2, 0.25) is 5.02 Å². The molecule has 1 atom stereocenters. The highest BCUT2D eigenvalue weighted by Crippen LogP contribution is 2.27. The van der Waals surface area contributed by atoms with Crippen LogP contribution in [0.25, 0.3) is 0 Å². The molecule has 2 rings (SSSR count). The maximum atomic E-state index is 12.3. The van der Waals surface area contributed by atoms with Crippen molar-refractivity contribution in [3.05, 3.63) is 47.5 Å². The van der Waals surface area contributed by atoms with Crippen LogP contribution in [-0.2, 0) is 9.59 Å². The van der Waals surface area contributed by atoms with Crippen molar-refractivity contribution in [2.24, 2.45) is 0 Å². The van der Waals surface area contributed by atoms with Crippen LogP contribution in [0.4, 0.5) is 11.4 Å². The van der Waals surface area contributed by atoms with Gasteiger partial charge in [-0.05, 0) is 56.3 Å². The van der Waals surface area contributed by atoms with Crippen molar-refractivity contribution in [3.8, 4) is 11.5 Å². The molecule has 0 radical (unpaired) electrons. The molecule has 0 aliphatic rings. The van der Waals surface area contributed by atoms with Crippen molar-refractivity contribution in [3.63, 3.8) is 0 Å². The third-order valence-electron chi connectivity index (χ3n) is 3.70. The Kier molecular flexibility index (Phi) is 8.47. The molecular weight excluding hydrogens is 400 g/mol. The van der Waals surface area contributed by atoms with Crippen LogP contribution >= 0.6 is 23.4 Å². The summed E-state index contributed by atoms with van der Waals surface area (Å²) in [6, 6.07) is 12.1. The third-order valence-corrected chi connectivity index (χ3v) is 5.14. The van der Waals surface area contributed by atoms with Gasteiger partial charge < -0.3 is 20.1 Å². The van der Waals surface area contributed by atoms with Gasteiger partial charge in [-0.25, -0.2) is 0 Å². The average Bonchev–Trinajstić information content (AvgIpc) is 2.68. The SMILES string of the molecule is CCOc1ccc(NC(=O)CS[C@@H](C)C(=O)Nc2ccc(OC)c(Cl)c2)cc1. The predicted octanol–water partition coefficient (Wildman–Crippen LogP) is 4.45. The Morgan fingerprint density at radius 2 is 1.79 bits per heavy atom. The number of ether oxygens (including phenoxy) is 2. The van der Waals surface area contributed by atoms with Gasteiger partial charge >= 0.3 is 0 Å². The fourth-order valence-corrected chi connectivity index (χ4v) is 3.20. The molecule has 0 heterocycles. The Balaban J connectivity index is 1.80. The van der Waals surface area contributed by atoms with E-state index in [9.17, 15) is 9.59 Å². The van der Waals surface area contributed by atoms with Gasteiger partial charge in [-0.3, -0.25) is 9.59 Å². The molecule has 0 saturated carbocycles. The van der Waals surface area contributed by atoms with E-state index in [1.165, 1.54) is 18.9 Å². The van der Waals surface area contributed by atoms with Crippen molar-refractivity contribution < 1.29 is 19.1 Å². The number of benzene rings is 2. The van der Waals surface area contributed by atoms with Crippen molar-refractivity contribution in [2.75, 3.05) is 30.1 Å². The zero-order valence-electron chi connectivity index (χ0n) is 16.0. The number of halogens is 1. The Hall–Kier alpha value is -2.38. The first kappa shape index (κ1) is 21.9. The molecule has 2 aromatic carbocycles. The van der Waals surface area contributed by atoms with Crippen LogP contribution in [0, 0.1) is 0 Å². The lowest BCUT2D eigenvalue weighted by Gasteiger charge is -2.13. The summed E-state index contributed by atoms with van der Waals surface area (Å²) in [5.74, 6) is 1.05. The van der Waals surface area contributed by atoms with Crippen LogP contribution in [0.15, 0.2) is 42.5 Å². The number of nitrogens with one attached hydrogen (secondary N) is 2. The minimum absolute atomic E-state index is 0.158. The van der Waals surface area contributed by atoms with E-state index in [4.69, 9.17) is 21.1 Å². The maximum Gasteiger partial charge on any atom is 0.237 e. The molecule has 0 aliphatic heterocycles. The van der Waals surface area contributed by atoms with Crippen molar-refractivity contribution in [1.82, 2.24) is 0 Å². The van der Waals surface area contributed by atoms with Crippen molar-refractivity contribution >= 4 is 46.6 Å². The average molecular weight is 423 g/mol. The zero-order chi connectivity index (χ0) is 20.5. The Bertz CT molecular complexity index is 814. The predicted molar refractivity (Wildman–Crippen MR) is 115 cm³/mol. The normalized spacial score (nSPS) is 11.4. The van der Waals surface area contributed by atoms with Gasteiger partial charge in [0.2, 0.25) is 11.8 Å². The molecule has 2 N–H and O–H groups in total. The lowest BCUT2D eigenvalue weighted by Crippen LogP contribution is -2.25. The second kappa shape index (κ2) is 10.8. The highest BCUT2D eigenvalue weighted by atomic mass is 35.5. The number of anilines is 2. The van der Waals surface area contributed by atoms with Crippen LogP contribution in [0.1, 0.15) is 13.8 Å². The molecule has 8 heteroatoms. The van der Waals surface area contributed by atoms with Gasteiger partial charge in [0.15, 0.2) is 0 Å². The number of rotatable bonds is 9. The topological polar surface area (TPSA) is 76.7 Å². The van der Waals surface area contributed by atoms with E-state index >= 15 is 0 Å². The number of hydrogen-bond acceptors (Lipinski definition) is 5. The van der Waals surface area contributed by atoms with Gasteiger partial charge in [0.1, 0.15) is 11.5 Å². The minimum Gasteiger partial charge on any atom is -0.495 e. The molecule has 6 nitrogen and oxygen atoms in total. The second-order valence-corrected chi connectivity index (χ2v) is 7.53. The molecule has 2 aromatic rings. The summed E-state index contributed by atoms with van der Waals surface area (Å²) < 4.78 is 10.4. The van der Waals surface area contributed by atoms with E-state index in [0.29, 0.717) is 28.8 Å². The van der Waals surface area contributed by atoms with E-state index in [0.717, 1.165) is 5.75 Å². The third kappa shape index (κ3) is 6.65. The fourth-order valence-electron chi connectivity index (χ4n) is 2.26. The molecule has 150 valence electrons. The first-order valence-corrected chi connectivity index (χ1v) is 10.1. The van der Waals surface area contributed by atoms with E-state index in [1.54, 1.807) is 49.4 Å². The molecule has 2 amide bonds. The molecule has 0 aliphatic carbocycles. The van der Waals surface area contributed by atoms with E-state index in [-0.39, 0.29) is 17.6 Å². The first-order chi connectivity index (χ1) is 13.4. The summed E-state index contributed by atoms with van der Waals surface area (Å²) in [5.41, 5.74) is 1.25. The summed E-state index contributed by atoms with van der Waals surface area (Å²) in [5, 5.41) is 5.58. The number of amides is 2. The fraction of sp³-hybridized carbons (Fsp3) is 0.300. The van der Waals surface area contributed by atoms with Crippen molar-refractivity contribution in [1.29, 1.82) is 0 Å². The van der Waals surface area contributed by atoms with Crippen molar-refractivity contribution in [2.45, 2.75) is 19.1 Å². The highest BCUT2D eigenvalue weighted by Gasteiger charge is 2.16. The standard InChI is InChI=1S/C20H23ClN2O4S/c1-4-27-16-8-5-14(6-9-16)22-19(24)12-28-13(2)20(25)23-15-7-10-18(26-3)17(21)11-15/h5-11,13H,4,12H2,1-3H3,(H,22,24)(H,23,25)/t13-/m0/s1. The van der Waals surface area contributed by atoms with E-state index < -0.39 is 5.25 Å². The summed E-state index contributed by atoms with van der Waals surface area (Å²) in [6.07, 6.45) is 0. The minimum atomic E-state index is -0.410. The Morgan fingerprint density at radius 3 is 2.39 bits per heavy atom. The molecule has 0 saturated heterocycles. The number of carbonyl (C=O) groups excluding carboxylic acids is 2. The first-order valence-electron chi connectivity index (χ1n) is 8.71. The molecule has 28 heavy (non-hydrogen) atoms. The van der Waals surface area contributed by atoms with Gasteiger partial charge in [0.05, 0.1) is 29.7 Å². The van der Waals surface area contributed by atoms with E-state index in [2.05, 4.69) is 10.6 Å². The summed E-state index contributed by atoms with van der Waals surface area (Å²) in [7, 11) is 1.52. The number of methoxy groups -OCH3 is 1. The second-order valence-electron chi connectivity index (χ2n) is 5.80. The number of carbonyl (C=O) groups is 2. The van der Waals surface area contributed by atoms with Crippen LogP contribution < -0.4 is 20.1 Å². The monoisotopic (exact) mass is 422 g/mol. The van der Waals surface area contributed by atoms with Crippen LogP contribution in [0.5, 0.6) is 11.5 Å². The summed E-state index contributed by atoms with van der Waals surface area (Å²) in [6.45, 7) is 4.24. The quantitative estimate of drug-likeness (QED) is 0.624. The van der Waals surface area contributed by atoms with E-state index in [1.807, 2.05) is 6.92 Å². The van der Waals surface area contributed by atoms with Gasteiger partial charge in [0.25, 0.3) is 0 Å². The Labute approximate surface area is 173 Å². The maximum absolute atomic E-state index is 12.3. The number of hydrogen-bond donors (Lipinski definition) is 2. The van der Waals surface area contributed by atoms with Gasteiger partial charge in [0, 0.05) is 11.4 Å². The molecule has 0 fully saturated rings. The largest absolute Gasteiger partial charge is 0.495 e. The molecule has 0 aromatic heterocycles. The molecule has 0 bridgehead atoms. The molecule has 0 unspecified atom stereocenters. The molecular formula is C20H23ClN2O4S.